The molecule has 0 fully saturated rings. The molecule has 1 heterocycles. The summed E-state index contributed by atoms with van der Waals surface area (Å²) in [5, 5.41) is 17.4. The smallest absolute Gasteiger partial charge is 0.339 e. The Morgan fingerprint density at radius 3 is 2.73 bits per heavy atom. The van der Waals surface area contributed by atoms with Crippen LogP contribution in [0, 0.1) is 5.41 Å². The summed E-state index contributed by atoms with van der Waals surface area (Å²) in [6.07, 6.45) is 2.65. The molecule has 0 aliphatic carbocycles. The van der Waals surface area contributed by atoms with Gasteiger partial charge in [0.2, 0.25) is 0 Å². The van der Waals surface area contributed by atoms with E-state index in [1.807, 2.05) is 18.2 Å². The molecule has 0 saturated carbocycles. The quantitative estimate of drug-likeness (QED) is 0.560. The van der Waals surface area contributed by atoms with Crippen LogP contribution >= 0.6 is 0 Å². The molecule has 114 valence electrons. The third-order valence-corrected chi connectivity index (χ3v) is 3.28. The van der Waals surface area contributed by atoms with E-state index in [4.69, 9.17) is 15.9 Å². The van der Waals surface area contributed by atoms with Crippen LogP contribution in [0.5, 0.6) is 5.75 Å². The maximum Gasteiger partial charge on any atom is 0.339 e. The summed E-state index contributed by atoms with van der Waals surface area (Å²) < 4.78 is 5.17. The molecular weight excluding hydrogens is 282 g/mol. The lowest BCUT2D eigenvalue weighted by Crippen LogP contribution is -2.11. The number of methoxy groups -OCH3 is 1. The summed E-state index contributed by atoms with van der Waals surface area (Å²) in [4.78, 5) is 15.4. The minimum atomic E-state index is -1.12. The van der Waals surface area contributed by atoms with Crippen molar-refractivity contribution in [1.82, 2.24) is 4.98 Å². The zero-order chi connectivity index (χ0) is 16.1. The van der Waals surface area contributed by atoms with Crippen molar-refractivity contribution < 1.29 is 14.6 Å². The van der Waals surface area contributed by atoms with Gasteiger partial charge >= 0.3 is 5.97 Å². The van der Waals surface area contributed by atoms with Crippen molar-refractivity contribution in [3.8, 4) is 5.75 Å². The zero-order valence-electron chi connectivity index (χ0n) is 12.2. The van der Waals surface area contributed by atoms with E-state index >= 15 is 0 Å². The molecule has 6 nitrogen and oxygen atoms in total. The summed E-state index contributed by atoms with van der Waals surface area (Å²) in [6.45, 7) is 0. The Bertz CT molecular complexity index is 699. The predicted octanol–water partition coefficient (Wildman–Crippen LogP) is 2.37. The Labute approximate surface area is 128 Å². The maximum atomic E-state index is 11.2. The highest BCUT2D eigenvalue weighted by atomic mass is 16.5. The van der Waals surface area contributed by atoms with E-state index in [-0.39, 0.29) is 17.0 Å². The van der Waals surface area contributed by atoms with E-state index in [2.05, 4.69) is 4.98 Å². The molecule has 0 unspecified atom stereocenters. The topological polar surface area (TPSA) is 109 Å². The van der Waals surface area contributed by atoms with Crippen LogP contribution in [-0.4, -0.2) is 28.9 Å². The van der Waals surface area contributed by atoms with Gasteiger partial charge < -0.3 is 21.0 Å². The summed E-state index contributed by atoms with van der Waals surface area (Å²) in [5.74, 6) is -0.992. The highest BCUT2D eigenvalue weighted by Gasteiger charge is 2.20. The van der Waals surface area contributed by atoms with Gasteiger partial charge in [-0.2, -0.15) is 0 Å². The highest BCUT2D eigenvalue weighted by molar-refractivity contribution is 6.08. The molecule has 0 spiro atoms. The van der Waals surface area contributed by atoms with Crippen molar-refractivity contribution in [2.24, 2.45) is 0 Å². The van der Waals surface area contributed by atoms with Crippen LogP contribution < -0.4 is 10.5 Å². The van der Waals surface area contributed by atoms with Crippen molar-refractivity contribution in [3.63, 3.8) is 0 Å². The van der Waals surface area contributed by atoms with E-state index in [0.717, 1.165) is 5.69 Å². The first-order chi connectivity index (χ1) is 10.5. The fourth-order valence-corrected chi connectivity index (χ4v) is 2.21. The normalized spacial score (nSPS) is 10.2. The third-order valence-electron chi connectivity index (χ3n) is 3.28. The first kappa shape index (κ1) is 15.5. The number of nitrogen functional groups attached to an aromatic ring is 1. The van der Waals surface area contributed by atoms with Gasteiger partial charge in [-0.15, -0.1) is 0 Å². The Morgan fingerprint density at radius 2 is 2.14 bits per heavy atom. The van der Waals surface area contributed by atoms with Crippen LogP contribution in [0.15, 0.2) is 36.5 Å². The van der Waals surface area contributed by atoms with E-state index in [1.165, 1.54) is 19.2 Å². The van der Waals surface area contributed by atoms with Gasteiger partial charge in [0, 0.05) is 23.3 Å². The van der Waals surface area contributed by atoms with Crippen molar-refractivity contribution in [2.75, 3.05) is 12.8 Å². The van der Waals surface area contributed by atoms with Gasteiger partial charge in [0.1, 0.15) is 11.3 Å². The number of aryl methyl sites for hydroxylation is 1. The largest absolute Gasteiger partial charge is 0.495 e. The summed E-state index contributed by atoms with van der Waals surface area (Å²) >= 11 is 0. The number of aromatic carboxylic acids is 1. The first-order valence-electron chi connectivity index (χ1n) is 6.72. The lowest BCUT2D eigenvalue weighted by molar-refractivity contribution is 0.0693. The SMILES string of the molecule is COc1c(C(=O)O)ccc(N)c1C(=N)CCc1ccccn1. The summed E-state index contributed by atoms with van der Waals surface area (Å²) in [6, 6.07) is 8.45. The van der Waals surface area contributed by atoms with Crippen LogP contribution in [0.25, 0.3) is 0 Å². The average Bonchev–Trinajstić information content (AvgIpc) is 2.52. The highest BCUT2D eigenvalue weighted by Crippen LogP contribution is 2.30. The molecule has 0 bridgehead atoms. The fourth-order valence-electron chi connectivity index (χ4n) is 2.21. The Hall–Kier alpha value is -2.89. The standard InChI is InChI=1S/C16H17N3O3/c1-22-15-11(16(20)21)6-8-13(18)14(15)12(17)7-5-10-4-2-3-9-19-10/h2-4,6,8-9,17H,5,7,18H2,1H3,(H,20,21). The molecule has 2 aromatic rings. The second kappa shape index (κ2) is 6.71. The number of benzene rings is 1. The van der Waals surface area contributed by atoms with Gasteiger partial charge in [-0.25, -0.2) is 4.79 Å². The lowest BCUT2D eigenvalue weighted by Gasteiger charge is -2.14. The first-order valence-corrected chi connectivity index (χ1v) is 6.72. The average molecular weight is 299 g/mol. The van der Waals surface area contributed by atoms with Gasteiger partial charge in [-0.1, -0.05) is 6.07 Å². The number of carboxylic acids is 1. The predicted molar refractivity (Wildman–Crippen MR) is 83.8 cm³/mol. The Balaban J connectivity index is 2.29. The van der Waals surface area contributed by atoms with E-state index in [9.17, 15) is 9.90 Å². The minimum Gasteiger partial charge on any atom is -0.495 e. The number of anilines is 1. The number of hydrogen-bond acceptors (Lipinski definition) is 5. The molecular formula is C16H17N3O3. The molecule has 0 saturated heterocycles. The van der Waals surface area contributed by atoms with Gasteiger partial charge in [0.25, 0.3) is 0 Å². The van der Waals surface area contributed by atoms with E-state index in [0.29, 0.717) is 24.1 Å². The van der Waals surface area contributed by atoms with E-state index in [1.54, 1.807) is 6.20 Å². The molecule has 4 N–H and O–H groups in total. The molecule has 2 rings (SSSR count). The monoisotopic (exact) mass is 299 g/mol. The number of hydrogen-bond donors (Lipinski definition) is 3. The second-order valence-electron chi connectivity index (χ2n) is 4.72. The van der Waals surface area contributed by atoms with Crippen LogP contribution in [0.2, 0.25) is 0 Å². The Morgan fingerprint density at radius 1 is 1.36 bits per heavy atom. The number of nitrogens with two attached hydrogens (primary N) is 1. The van der Waals surface area contributed by atoms with Crippen LogP contribution in [-0.2, 0) is 6.42 Å². The number of aromatic nitrogens is 1. The van der Waals surface area contributed by atoms with Gasteiger partial charge in [-0.3, -0.25) is 4.98 Å². The number of ether oxygens (including phenoxy) is 1. The molecule has 0 radical (unpaired) electrons. The molecule has 1 aromatic carbocycles. The number of rotatable bonds is 6. The second-order valence-corrected chi connectivity index (χ2v) is 4.72. The molecule has 0 amide bonds. The van der Waals surface area contributed by atoms with Crippen molar-refractivity contribution in [2.45, 2.75) is 12.8 Å². The van der Waals surface area contributed by atoms with Crippen LogP contribution in [0.1, 0.15) is 28.0 Å². The van der Waals surface area contributed by atoms with Crippen LogP contribution in [0.3, 0.4) is 0 Å². The minimum absolute atomic E-state index is 0.00529. The molecule has 1 aromatic heterocycles. The van der Waals surface area contributed by atoms with Gasteiger partial charge in [-0.05, 0) is 37.1 Å². The van der Waals surface area contributed by atoms with Crippen molar-refractivity contribution in [3.05, 3.63) is 53.3 Å². The van der Waals surface area contributed by atoms with Gasteiger partial charge in [0.15, 0.2) is 0 Å². The third kappa shape index (κ3) is 3.22. The molecule has 22 heavy (non-hydrogen) atoms. The molecule has 0 atom stereocenters. The molecule has 0 aliphatic heterocycles. The molecule has 0 aliphatic rings. The number of pyridine rings is 1. The number of carboxylic acid groups (broad SMARTS) is 1. The van der Waals surface area contributed by atoms with Crippen molar-refractivity contribution in [1.29, 1.82) is 5.41 Å². The number of carbonyl (C=O) groups is 1. The lowest BCUT2D eigenvalue weighted by atomic mass is 9.98. The summed E-state index contributed by atoms with van der Waals surface area (Å²) in [5.41, 5.74) is 7.65. The van der Waals surface area contributed by atoms with Crippen LogP contribution in [0.4, 0.5) is 5.69 Å². The number of nitrogens with zero attached hydrogens (tertiary/aromatic N) is 1. The van der Waals surface area contributed by atoms with Gasteiger partial charge in [0.05, 0.1) is 12.7 Å². The molecule has 6 heteroatoms. The van der Waals surface area contributed by atoms with Crippen molar-refractivity contribution >= 4 is 17.4 Å². The number of nitrogens with one attached hydrogen (secondary N) is 1. The van der Waals surface area contributed by atoms with E-state index < -0.39 is 5.97 Å². The Kier molecular flexibility index (Phi) is 4.73. The summed E-state index contributed by atoms with van der Waals surface area (Å²) in [7, 11) is 1.37. The maximum absolute atomic E-state index is 11.2. The zero-order valence-corrected chi connectivity index (χ0v) is 12.2. The fraction of sp³-hybridized carbons (Fsp3) is 0.188.